The first-order valence-electron chi connectivity index (χ1n) is 7.81. The Morgan fingerprint density at radius 2 is 1.90 bits per heavy atom. The fraction of sp³-hybridized carbons (Fsp3) is 0.625. The van der Waals surface area contributed by atoms with Crippen LogP contribution in [0, 0.1) is 11.8 Å². The van der Waals surface area contributed by atoms with Gasteiger partial charge in [-0.2, -0.15) is 0 Å². The van der Waals surface area contributed by atoms with E-state index in [0.29, 0.717) is 11.8 Å². The molecular weight excluding hydrogens is 250 g/mol. The minimum Gasteiger partial charge on any atom is -0.337 e. The van der Waals surface area contributed by atoms with E-state index < -0.39 is 0 Å². The van der Waals surface area contributed by atoms with Gasteiger partial charge in [-0.15, -0.1) is 0 Å². The van der Waals surface area contributed by atoms with Gasteiger partial charge in [0.25, 0.3) is 5.91 Å². The number of imidazole rings is 1. The number of aryl methyl sites for hydroxylation is 1. The third kappa shape index (κ3) is 1.89. The van der Waals surface area contributed by atoms with Crippen LogP contribution in [0.2, 0.25) is 0 Å². The van der Waals surface area contributed by atoms with Crippen LogP contribution in [0.5, 0.6) is 0 Å². The number of amides is 1. The van der Waals surface area contributed by atoms with E-state index >= 15 is 0 Å². The highest BCUT2D eigenvalue weighted by atomic mass is 16.2. The number of likely N-dealkylation sites (tertiary alicyclic amines) is 1. The zero-order valence-corrected chi connectivity index (χ0v) is 11.8. The second-order valence-electron chi connectivity index (χ2n) is 6.34. The van der Waals surface area contributed by atoms with Crippen LogP contribution in [0.15, 0.2) is 18.3 Å². The Kier molecular flexibility index (Phi) is 2.90. The molecule has 3 aliphatic rings. The molecule has 0 spiro atoms. The van der Waals surface area contributed by atoms with E-state index in [-0.39, 0.29) is 5.91 Å². The maximum Gasteiger partial charge on any atom is 0.272 e. The van der Waals surface area contributed by atoms with E-state index in [1.54, 1.807) is 6.20 Å². The fourth-order valence-corrected chi connectivity index (χ4v) is 3.93. The number of fused-ring (bicyclic) bond motifs is 2. The molecule has 4 heteroatoms. The smallest absolute Gasteiger partial charge is 0.272 e. The predicted molar refractivity (Wildman–Crippen MR) is 76.4 cm³/mol. The summed E-state index contributed by atoms with van der Waals surface area (Å²) in [7, 11) is 0. The van der Waals surface area contributed by atoms with Gasteiger partial charge in [0, 0.05) is 26.1 Å². The lowest BCUT2D eigenvalue weighted by Gasteiger charge is -2.20. The average Bonchev–Trinajstić information content (AvgIpc) is 3.10. The second-order valence-corrected chi connectivity index (χ2v) is 6.34. The van der Waals surface area contributed by atoms with Crippen molar-refractivity contribution in [2.45, 2.75) is 38.6 Å². The molecule has 0 bridgehead atoms. The summed E-state index contributed by atoms with van der Waals surface area (Å²) in [5.74, 6) is 2.64. The number of hydrogen-bond acceptors (Lipinski definition) is 2. The topological polar surface area (TPSA) is 38.1 Å². The Bertz CT molecular complexity index is 544. The summed E-state index contributed by atoms with van der Waals surface area (Å²) in [6.45, 7) is 2.81. The van der Waals surface area contributed by atoms with E-state index in [1.807, 2.05) is 0 Å². The lowest BCUT2D eigenvalue weighted by molar-refractivity contribution is 0.0772. The molecule has 0 aromatic carbocycles. The van der Waals surface area contributed by atoms with Crippen LogP contribution in [0.4, 0.5) is 0 Å². The molecule has 106 valence electrons. The van der Waals surface area contributed by atoms with Gasteiger partial charge in [-0.1, -0.05) is 12.2 Å². The van der Waals surface area contributed by atoms with Gasteiger partial charge in [-0.05, 0) is 37.5 Å². The minimum absolute atomic E-state index is 0.194. The zero-order valence-electron chi connectivity index (χ0n) is 11.8. The summed E-state index contributed by atoms with van der Waals surface area (Å²) in [5, 5.41) is 0. The molecule has 1 aromatic rings. The molecule has 1 aromatic heterocycles. The summed E-state index contributed by atoms with van der Waals surface area (Å²) in [6, 6.07) is 0. The quantitative estimate of drug-likeness (QED) is 0.735. The van der Waals surface area contributed by atoms with E-state index in [9.17, 15) is 4.79 Å². The first kappa shape index (κ1) is 12.2. The van der Waals surface area contributed by atoms with E-state index in [1.165, 1.54) is 12.8 Å². The first-order valence-corrected chi connectivity index (χ1v) is 7.81. The number of rotatable bonds is 1. The van der Waals surface area contributed by atoms with Gasteiger partial charge in [0.2, 0.25) is 0 Å². The van der Waals surface area contributed by atoms with Crippen molar-refractivity contribution in [1.29, 1.82) is 0 Å². The summed E-state index contributed by atoms with van der Waals surface area (Å²) >= 11 is 0. The van der Waals surface area contributed by atoms with Crippen molar-refractivity contribution in [3.63, 3.8) is 0 Å². The van der Waals surface area contributed by atoms with Crippen molar-refractivity contribution in [2.24, 2.45) is 11.8 Å². The van der Waals surface area contributed by atoms with Gasteiger partial charge in [0.05, 0.1) is 6.20 Å². The molecule has 4 nitrogen and oxygen atoms in total. The molecule has 0 saturated carbocycles. The normalized spacial score (nSPS) is 28.3. The van der Waals surface area contributed by atoms with Crippen molar-refractivity contribution < 1.29 is 4.79 Å². The maximum absolute atomic E-state index is 12.8. The minimum atomic E-state index is 0.194. The van der Waals surface area contributed by atoms with Gasteiger partial charge in [0.15, 0.2) is 0 Å². The summed E-state index contributed by atoms with van der Waals surface area (Å²) < 4.78 is 2.14. The lowest BCUT2D eigenvalue weighted by Crippen LogP contribution is -2.31. The van der Waals surface area contributed by atoms with Crippen molar-refractivity contribution in [1.82, 2.24) is 14.5 Å². The molecule has 3 heterocycles. The maximum atomic E-state index is 12.8. The standard InChI is InChI=1S/C16H21N3O/c20-16(14-9-17-15-7-3-4-8-19(14)15)18-10-12-5-1-2-6-13(12)11-18/h1-2,9,12-13H,3-8,10-11H2/t12-,13-/m1/s1. The number of aromatic nitrogens is 2. The van der Waals surface area contributed by atoms with E-state index in [4.69, 9.17) is 0 Å². The molecule has 2 atom stereocenters. The van der Waals surface area contributed by atoms with Crippen LogP contribution in [0.3, 0.4) is 0 Å². The molecule has 2 aliphatic heterocycles. The van der Waals surface area contributed by atoms with Gasteiger partial charge < -0.3 is 9.47 Å². The largest absolute Gasteiger partial charge is 0.337 e. The van der Waals surface area contributed by atoms with Crippen LogP contribution in [-0.4, -0.2) is 33.4 Å². The van der Waals surface area contributed by atoms with E-state index in [2.05, 4.69) is 26.6 Å². The highest BCUT2D eigenvalue weighted by Gasteiger charge is 2.36. The van der Waals surface area contributed by atoms with Crippen molar-refractivity contribution >= 4 is 5.91 Å². The highest BCUT2D eigenvalue weighted by molar-refractivity contribution is 5.92. The van der Waals surface area contributed by atoms with Crippen molar-refractivity contribution in [3.8, 4) is 0 Å². The molecule has 1 amide bonds. The van der Waals surface area contributed by atoms with Crippen LogP contribution >= 0.6 is 0 Å². The van der Waals surface area contributed by atoms with E-state index in [0.717, 1.165) is 50.4 Å². The van der Waals surface area contributed by atoms with Crippen LogP contribution in [0.1, 0.15) is 42.0 Å². The van der Waals surface area contributed by atoms with Crippen LogP contribution in [-0.2, 0) is 13.0 Å². The number of allylic oxidation sites excluding steroid dienone is 2. The third-order valence-electron chi connectivity index (χ3n) is 5.10. The Morgan fingerprint density at radius 1 is 1.15 bits per heavy atom. The number of nitrogens with zero attached hydrogens (tertiary/aromatic N) is 3. The molecule has 20 heavy (non-hydrogen) atoms. The fourth-order valence-electron chi connectivity index (χ4n) is 3.93. The van der Waals surface area contributed by atoms with Gasteiger partial charge >= 0.3 is 0 Å². The molecule has 4 rings (SSSR count). The third-order valence-corrected chi connectivity index (χ3v) is 5.10. The second kappa shape index (κ2) is 4.76. The monoisotopic (exact) mass is 271 g/mol. The Balaban J connectivity index is 1.55. The highest BCUT2D eigenvalue weighted by Crippen LogP contribution is 2.33. The first-order chi connectivity index (χ1) is 9.83. The molecule has 1 aliphatic carbocycles. The lowest BCUT2D eigenvalue weighted by atomic mass is 9.86. The number of carbonyl (C=O) groups is 1. The zero-order chi connectivity index (χ0) is 13.5. The van der Waals surface area contributed by atoms with Gasteiger partial charge in [-0.3, -0.25) is 4.79 Å². The Morgan fingerprint density at radius 3 is 2.65 bits per heavy atom. The van der Waals surface area contributed by atoms with Crippen molar-refractivity contribution in [3.05, 3.63) is 29.9 Å². The SMILES string of the molecule is O=C(c1cnc2n1CCCC2)N1C[C@H]2CC=CC[C@@H]2C1. The Labute approximate surface area is 119 Å². The van der Waals surface area contributed by atoms with Crippen LogP contribution < -0.4 is 0 Å². The molecule has 1 fully saturated rings. The number of carbonyl (C=O) groups excluding carboxylic acids is 1. The van der Waals surface area contributed by atoms with Crippen LogP contribution in [0.25, 0.3) is 0 Å². The molecule has 0 N–H and O–H groups in total. The average molecular weight is 271 g/mol. The van der Waals surface area contributed by atoms with Crippen molar-refractivity contribution in [2.75, 3.05) is 13.1 Å². The number of hydrogen-bond donors (Lipinski definition) is 0. The summed E-state index contributed by atoms with van der Waals surface area (Å²) in [5.41, 5.74) is 0.811. The van der Waals surface area contributed by atoms with Gasteiger partial charge in [-0.25, -0.2) is 4.98 Å². The summed E-state index contributed by atoms with van der Waals surface area (Å²) in [4.78, 5) is 19.3. The molecule has 0 radical (unpaired) electrons. The summed E-state index contributed by atoms with van der Waals surface area (Å²) in [6.07, 6.45) is 12.0. The van der Waals surface area contributed by atoms with Gasteiger partial charge in [0.1, 0.15) is 11.5 Å². The predicted octanol–water partition coefficient (Wildman–Crippen LogP) is 2.26. The molecule has 1 saturated heterocycles. The molecular formula is C16H21N3O. The Hall–Kier alpha value is -1.58. The molecule has 0 unspecified atom stereocenters.